The van der Waals surface area contributed by atoms with Crippen LogP contribution in [0.15, 0.2) is 65.4 Å². The number of rotatable bonds is 5. The van der Waals surface area contributed by atoms with E-state index in [1.807, 2.05) is 36.4 Å². The van der Waals surface area contributed by atoms with Gasteiger partial charge in [-0.25, -0.2) is 0 Å². The number of hydrogen-bond acceptors (Lipinski definition) is 2. The first-order chi connectivity index (χ1) is 13.2. The summed E-state index contributed by atoms with van der Waals surface area (Å²) in [6.45, 7) is 0.542. The van der Waals surface area contributed by atoms with Crippen LogP contribution in [0.5, 0.6) is 0 Å². The third kappa shape index (κ3) is 3.67. The summed E-state index contributed by atoms with van der Waals surface area (Å²) in [6, 6.07) is 18.2. The second kappa shape index (κ2) is 7.87. The average molecular weight is 396 g/mol. The van der Waals surface area contributed by atoms with Crippen LogP contribution in [0.1, 0.15) is 36.8 Å². The maximum absolute atomic E-state index is 13.3. The molecule has 0 radical (unpaired) electrons. The molecule has 1 N–H and O–H groups in total. The lowest BCUT2D eigenvalue weighted by Crippen LogP contribution is -2.42. The van der Waals surface area contributed by atoms with Crippen LogP contribution in [0.3, 0.4) is 0 Å². The molecule has 1 saturated carbocycles. The monoisotopic (exact) mass is 395 g/mol. The molecule has 27 heavy (non-hydrogen) atoms. The molecule has 2 aromatic carbocycles. The molecule has 0 aliphatic heterocycles. The van der Waals surface area contributed by atoms with Crippen molar-refractivity contribution in [1.29, 1.82) is 0 Å². The largest absolute Gasteiger partial charge is 0.351 e. The van der Waals surface area contributed by atoms with E-state index < -0.39 is 5.41 Å². The van der Waals surface area contributed by atoms with Crippen LogP contribution in [0.25, 0.3) is 11.1 Å². The number of halogens is 1. The van der Waals surface area contributed by atoms with Crippen LogP contribution < -0.4 is 5.32 Å². The molecule has 0 bridgehead atoms. The number of hydrogen-bond donors (Lipinski definition) is 1. The second-order valence-electron chi connectivity index (χ2n) is 7.15. The lowest BCUT2D eigenvalue weighted by molar-refractivity contribution is -0.126. The van der Waals surface area contributed by atoms with Crippen molar-refractivity contribution in [3.05, 3.63) is 81.5 Å². The molecule has 138 valence electrons. The molecule has 1 aromatic heterocycles. The number of carbonyl (C=O) groups excluding carboxylic acids is 1. The van der Waals surface area contributed by atoms with Crippen molar-refractivity contribution >= 4 is 28.8 Å². The minimum atomic E-state index is -0.429. The third-order valence-corrected chi connectivity index (χ3v) is 6.51. The fraction of sp³-hybridized carbons (Fsp3) is 0.261. The molecule has 1 aliphatic carbocycles. The molecule has 2 nitrogen and oxygen atoms in total. The van der Waals surface area contributed by atoms with Crippen molar-refractivity contribution in [3.8, 4) is 11.1 Å². The maximum Gasteiger partial charge on any atom is 0.230 e. The third-order valence-electron chi connectivity index (χ3n) is 5.58. The van der Waals surface area contributed by atoms with Crippen molar-refractivity contribution < 1.29 is 4.79 Å². The first kappa shape index (κ1) is 18.3. The molecule has 1 heterocycles. The van der Waals surface area contributed by atoms with Crippen LogP contribution in [-0.2, 0) is 16.8 Å². The van der Waals surface area contributed by atoms with Crippen LogP contribution in [0, 0.1) is 0 Å². The highest BCUT2D eigenvalue weighted by molar-refractivity contribution is 7.08. The zero-order chi connectivity index (χ0) is 18.7. The van der Waals surface area contributed by atoms with Crippen LogP contribution in [0.2, 0.25) is 5.02 Å². The average Bonchev–Trinajstić information content (AvgIpc) is 3.39. The molecule has 3 aromatic rings. The number of nitrogens with one attached hydrogen (secondary N) is 1. The van der Waals surface area contributed by atoms with E-state index >= 15 is 0 Å². The van der Waals surface area contributed by atoms with Crippen molar-refractivity contribution in [3.63, 3.8) is 0 Å². The van der Waals surface area contributed by atoms with Gasteiger partial charge in [0.1, 0.15) is 0 Å². The molecule has 0 saturated heterocycles. The topological polar surface area (TPSA) is 29.1 Å². The van der Waals surface area contributed by atoms with Gasteiger partial charge < -0.3 is 5.32 Å². The number of carbonyl (C=O) groups is 1. The highest BCUT2D eigenvalue weighted by atomic mass is 35.5. The fourth-order valence-electron chi connectivity index (χ4n) is 4.11. The summed E-state index contributed by atoms with van der Waals surface area (Å²) in [7, 11) is 0. The number of thiophene rings is 1. The fourth-order valence-corrected chi connectivity index (χ4v) is 4.89. The summed E-state index contributed by atoms with van der Waals surface area (Å²) >= 11 is 7.74. The van der Waals surface area contributed by atoms with Gasteiger partial charge in [-0.2, -0.15) is 11.3 Å². The SMILES string of the molecule is O=C(NCc1ccccc1-c1ccsc1)C1(c2ccc(Cl)cc2)CCCC1. The summed E-state index contributed by atoms with van der Waals surface area (Å²) < 4.78 is 0. The van der Waals surface area contributed by atoms with Gasteiger partial charge in [-0.05, 0) is 64.1 Å². The van der Waals surface area contributed by atoms with Gasteiger partial charge in [0, 0.05) is 11.6 Å². The Morgan fingerprint density at radius 3 is 2.48 bits per heavy atom. The molecule has 4 heteroatoms. The molecule has 0 unspecified atom stereocenters. The van der Waals surface area contributed by atoms with E-state index in [9.17, 15) is 4.79 Å². The van der Waals surface area contributed by atoms with E-state index in [0.717, 1.165) is 36.8 Å². The van der Waals surface area contributed by atoms with Gasteiger partial charge in [0.05, 0.1) is 5.41 Å². The summed E-state index contributed by atoms with van der Waals surface area (Å²) in [5.41, 5.74) is 4.19. The Morgan fingerprint density at radius 1 is 1.04 bits per heavy atom. The Kier molecular flexibility index (Phi) is 5.33. The maximum atomic E-state index is 13.3. The predicted octanol–water partition coefficient (Wildman–Crippen LogP) is 6.20. The normalized spacial score (nSPS) is 15.6. The van der Waals surface area contributed by atoms with E-state index in [1.165, 1.54) is 11.1 Å². The highest BCUT2D eigenvalue weighted by Gasteiger charge is 2.42. The Balaban J connectivity index is 1.56. The van der Waals surface area contributed by atoms with Crippen molar-refractivity contribution in [2.45, 2.75) is 37.6 Å². The Hall–Kier alpha value is -2.10. The van der Waals surface area contributed by atoms with Crippen molar-refractivity contribution in [2.75, 3.05) is 0 Å². The first-order valence-corrected chi connectivity index (χ1v) is 10.7. The Bertz CT molecular complexity index is 912. The van der Waals surface area contributed by atoms with Gasteiger partial charge in [0.15, 0.2) is 0 Å². The van der Waals surface area contributed by atoms with E-state index in [1.54, 1.807) is 11.3 Å². The molecule has 0 spiro atoms. The smallest absolute Gasteiger partial charge is 0.230 e. The molecule has 4 rings (SSSR count). The molecule has 1 amide bonds. The van der Waals surface area contributed by atoms with Gasteiger partial charge in [0.25, 0.3) is 0 Å². The van der Waals surface area contributed by atoms with E-state index in [4.69, 9.17) is 11.6 Å². The quantitative estimate of drug-likeness (QED) is 0.547. The van der Waals surface area contributed by atoms with E-state index in [0.29, 0.717) is 11.6 Å². The van der Waals surface area contributed by atoms with Gasteiger partial charge in [-0.15, -0.1) is 0 Å². The minimum absolute atomic E-state index is 0.127. The summed E-state index contributed by atoms with van der Waals surface area (Å²) in [5, 5.41) is 8.16. The zero-order valence-corrected chi connectivity index (χ0v) is 16.7. The Morgan fingerprint density at radius 2 is 1.78 bits per heavy atom. The van der Waals surface area contributed by atoms with Crippen molar-refractivity contribution in [2.24, 2.45) is 0 Å². The van der Waals surface area contributed by atoms with Gasteiger partial charge >= 0.3 is 0 Å². The summed E-state index contributed by atoms with van der Waals surface area (Å²) in [5.74, 6) is 0.127. The van der Waals surface area contributed by atoms with Crippen LogP contribution >= 0.6 is 22.9 Å². The van der Waals surface area contributed by atoms with Gasteiger partial charge in [0.2, 0.25) is 5.91 Å². The predicted molar refractivity (Wildman–Crippen MR) is 113 cm³/mol. The molecular weight excluding hydrogens is 374 g/mol. The zero-order valence-electron chi connectivity index (χ0n) is 15.1. The van der Waals surface area contributed by atoms with Crippen LogP contribution in [-0.4, -0.2) is 5.91 Å². The van der Waals surface area contributed by atoms with E-state index in [2.05, 4.69) is 34.3 Å². The van der Waals surface area contributed by atoms with Gasteiger partial charge in [-0.1, -0.05) is 60.8 Å². The van der Waals surface area contributed by atoms with E-state index in [-0.39, 0.29) is 5.91 Å². The lowest BCUT2D eigenvalue weighted by Gasteiger charge is -2.28. The molecule has 1 fully saturated rings. The number of amides is 1. The molecule has 0 atom stereocenters. The summed E-state index contributed by atoms with van der Waals surface area (Å²) in [6.07, 6.45) is 3.96. The van der Waals surface area contributed by atoms with Crippen LogP contribution in [0.4, 0.5) is 0 Å². The van der Waals surface area contributed by atoms with Crippen molar-refractivity contribution in [1.82, 2.24) is 5.32 Å². The lowest BCUT2D eigenvalue weighted by atomic mass is 9.78. The highest BCUT2D eigenvalue weighted by Crippen LogP contribution is 2.41. The molecular formula is C23H22ClNOS. The Labute approximate surface area is 169 Å². The first-order valence-electron chi connectivity index (χ1n) is 9.34. The number of benzene rings is 2. The second-order valence-corrected chi connectivity index (χ2v) is 8.36. The molecule has 1 aliphatic rings. The summed E-state index contributed by atoms with van der Waals surface area (Å²) in [4.78, 5) is 13.3. The minimum Gasteiger partial charge on any atom is -0.351 e. The van der Waals surface area contributed by atoms with Gasteiger partial charge in [-0.3, -0.25) is 4.79 Å². The standard InChI is InChI=1S/C23H22ClNOS/c24-20-9-7-19(8-10-20)23(12-3-4-13-23)22(26)25-15-17-5-1-2-6-21(17)18-11-14-27-16-18/h1-2,5-11,14,16H,3-4,12-13,15H2,(H,25,26).